The fourth-order valence-electron chi connectivity index (χ4n) is 11.0. The zero-order valence-electron chi connectivity index (χ0n) is 59.8. The number of esters is 4. The Kier molecular flexibility index (Phi) is 50.4. The van der Waals surface area contributed by atoms with Crippen LogP contribution in [0, 0.1) is 0 Å². The summed E-state index contributed by atoms with van der Waals surface area (Å²) in [6.45, 7) is 3.51. The summed E-state index contributed by atoms with van der Waals surface area (Å²) in [5.41, 5.74) is 6.08. The molecular weight excluding hydrogens is 1320 g/mol. The van der Waals surface area contributed by atoms with Crippen LogP contribution in [0.2, 0.25) is 0 Å². The van der Waals surface area contributed by atoms with Gasteiger partial charge in [-0.15, -0.1) is 0 Å². The number of nitrogens with one attached hydrogen (secondary N) is 5. The van der Waals surface area contributed by atoms with Crippen molar-refractivity contribution < 1.29 is 106 Å². The number of aliphatic hydroxyl groups is 4. The van der Waals surface area contributed by atoms with Crippen molar-refractivity contribution in [2.24, 2.45) is 5.73 Å². The Morgan fingerprint density at radius 2 is 1.20 bits per heavy atom. The molecule has 0 bridgehead atoms. The maximum absolute atomic E-state index is 13.5. The van der Waals surface area contributed by atoms with Gasteiger partial charge in [0.15, 0.2) is 12.4 Å². The van der Waals surface area contributed by atoms with Crippen LogP contribution in [0.5, 0.6) is 0 Å². The Balaban J connectivity index is 1.89. The Hall–Kier alpha value is -5.78. The van der Waals surface area contributed by atoms with Gasteiger partial charge in [-0.1, -0.05) is 185 Å². The van der Waals surface area contributed by atoms with Gasteiger partial charge in [0.2, 0.25) is 29.5 Å². The molecule has 5 amide bonds. The topological polar surface area (TPSA) is 423 Å². The highest BCUT2D eigenvalue weighted by Crippen LogP contribution is 2.43. The van der Waals surface area contributed by atoms with Gasteiger partial charge < -0.3 is 81.3 Å². The molecule has 0 radical (unpaired) electrons. The largest absolute Gasteiger partial charge is 0.472 e. The first kappa shape index (κ1) is 90.3. The van der Waals surface area contributed by atoms with Crippen molar-refractivity contribution in [2.75, 3.05) is 46.1 Å². The molecule has 1 aromatic carbocycles. The van der Waals surface area contributed by atoms with Crippen LogP contribution < -0.4 is 32.3 Å². The quantitative estimate of drug-likeness (QED) is 0.00794. The maximum Gasteiger partial charge on any atom is 0.472 e. The normalized spacial score (nSPS) is 18.1. The number of hydrogen-bond donors (Lipinski definition) is 11. The number of carbonyl (C=O) groups is 9. The molecule has 2 rings (SSSR count). The SMILES string of the molecule is CCCCCCCC/C=C\CCCCCCCC(=O)O[C@H](COC(=O)CCCCCCCCCCCCCCC)COP(=O)(O)OCCNC(=O)CCC(=O)N[C@@H](Cc1ccccc1)C(=O)OC(=O)CC[C@@H](NC(=O)[C@H](CO)NCC(C)O[C@H]1[C@H](O)[C@@H](CO)O[C@H](O)[C@@H]1NC(C)=O)C(N)=O. The number of aliphatic hydroxyl groups excluding tert-OH is 4. The number of primary amides is 1. The molecular formula is C71H121N6O22P. The first-order valence-electron chi connectivity index (χ1n) is 36.5. The van der Waals surface area contributed by atoms with E-state index in [2.05, 4.69) is 52.6 Å². The zero-order valence-corrected chi connectivity index (χ0v) is 60.7. The lowest BCUT2D eigenvalue weighted by Crippen LogP contribution is -2.65. The summed E-state index contributed by atoms with van der Waals surface area (Å²) in [7, 11) is -4.83. The molecule has 100 heavy (non-hydrogen) atoms. The standard InChI is InChI=1S/C71H121N6O22P/c1-5-7-9-11-13-15-17-19-20-22-24-26-28-30-35-39-63(84)97-55(50-93-62(83)38-34-29-27-25-23-21-18-16-14-12-10-8-6-2)51-95-100(91,92)94-45-44-73-60(81)41-42-61(82)76-57(46-54-36-32-31-33-37-54)70(89)99-64(85)43-40-56(68(72)87)77-69(88)58(48-78)74-47-52(3)96-67-65(75-53(4)80)71(90)98-59(49-79)66(67)86/h19-20,31-33,36-37,52,55-59,65-67,71,74,78-79,86,90H,5-18,21-30,34-35,38-51H2,1-4H3,(H2,72,87)(H,73,81)(H,75,80)(H,76,82)(H,77,88)(H,91,92)/b20-19-/t52?,55-,56-,57+,58+,59-,65-,66-,67-,71+/m1/s1. The van der Waals surface area contributed by atoms with Gasteiger partial charge in [0, 0.05) is 58.5 Å². The minimum Gasteiger partial charge on any atom is -0.462 e. The predicted octanol–water partition coefficient (Wildman–Crippen LogP) is 6.84. The van der Waals surface area contributed by atoms with E-state index in [1.165, 1.54) is 104 Å². The van der Waals surface area contributed by atoms with Crippen LogP contribution in [-0.4, -0.2) is 186 Å². The lowest BCUT2D eigenvalue weighted by molar-refractivity contribution is -0.267. The first-order valence-corrected chi connectivity index (χ1v) is 38.0. The summed E-state index contributed by atoms with van der Waals surface area (Å²) in [5, 5.41) is 53.3. The van der Waals surface area contributed by atoms with Crippen LogP contribution in [0.25, 0.3) is 0 Å². The number of phosphoric ester groups is 1. The smallest absolute Gasteiger partial charge is 0.462 e. The van der Waals surface area contributed by atoms with Crippen molar-refractivity contribution in [3.63, 3.8) is 0 Å². The van der Waals surface area contributed by atoms with Gasteiger partial charge in [-0.2, -0.15) is 0 Å². The molecule has 0 saturated carbocycles. The summed E-state index contributed by atoms with van der Waals surface area (Å²) in [6.07, 6.45) is 23.9. The van der Waals surface area contributed by atoms with Crippen LogP contribution in [0.4, 0.5) is 0 Å². The first-order chi connectivity index (χ1) is 48.0. The number of unbranched alkanes of at least 4 members (excludes halogenated alkanes) is 23. The molecule has 0 spiro atoms. The van der Waals surface area contributed by atoms with Gasteiger partial charge >= 0.3 is 31.7 Å². The molecule has 1 saturated heterocycles. The van der Waals surface area contributed by atoms with Crippen LogP contribution in [0.3, 0.4) is 0 Å². The molecule has 1 aliphatic rings. The summed E-state index contributed by atoms with van der Waals surface area (Å²) < 4.78 is 50.4. The minimum atomic E-state index is -4.83. The van der Waals surface area contributed by atoms with Crippen LogP contribution in [-0.2, 0) is 86.9 Å². The highest BCUT2D eigenvalue weighted by molar-refractivity contribution is 7.47. The second kappa shape index (κ2) is 55.8. The molecule has 0 aliphatic carbocycles. The van der Waals surface area contributed by atoms with Crippen molar-refractivity contribution in [2.45, 2.75) is 301 Å². The van der Waals surface area contributed by atoms with E-state index < -0.39 is 181 Å². The van der Waals surface area contributed by atoms with Gasteiger partial charge in [0.05, 0.1) is 32.5 Å². The van der Waals surface area contributed by atoms with Crippen molar-refractivity contribution in [3.8, 4) is 0 Å². The van der Waals surface area contributed by atoms with Gasteiger partial charge in [-0.3, -0.25) is 47.4 Å². The van der Waals surface area contributed by atoms with E-state index in [9.17, 15) is 73.0 Å². The molecule has 12 N–H and O–H groups in total. The highest BCUT2D eigenvalue weighted by atomic mass is 31.2. The van der Waals surface area contributed by atoms with E-state index in [1.54, 1.807) is 30.3 Å². The molecule has 28 nitrogen and oxygen atoms in total. The fourth-order valence-corrected chi connectivity index (χ4v) is 11.7. The van der Waals surface area contributed by atoms with Gasteiger partial charge in [-0.05, 0) is 57.4 Å². The minimum absolute atomic E-state index is 0.0860. The van der Waals surface area contributed by atoms with Gasteiger partial charge in [0.25, 0.3) is 0 Å². The third kappa shape index (κ3) is 43.9. The van der Waals surface area contributed by atoms with E-state index in [4.69, 9.17) is 38.5 Å². The molecule has 572 valence electrons. The molecule has 1 aliphatic heterocycles. The van der Waals surface area contributed by atoms with Crippen LogP contribution in [0.1, 0.15) is 239 Å². The summed E-state index contributed by atoms with van der Waals surface area (Å²) in [5.74, 6) is -7.54. The zero-order chi connectivity index (χ0) is 73.8. The van der Waals surface area contributed by atoms with E-state index in [0.29, 0.717) is 18.4 Å². The molecule has 1 fully saturated rings. The van der Waals surface area contributed by atoms with Gasteiger partial charge in [-0.25, -0.2) is 9.36 Å². The molecule has 11 atom stereocenters. The predicted molar refractivity (Wildman–Crippen MR) is 373 cm³/mol. The second-order valence-electron chi connectivity index (χ2n) is 25.7. The number of amides is 5. The molecule has 0 aromatic heterocycles. The highest BCUT2D eigenvalue weighted by Gasteiger charge is 2.46. The van der Waals surface area contributed by atoms with Crippen LogP contribution >= 0.6 is 7.82 Å². The number of nitrogens with two attached hydrogens (primary N) is 1. The van der Waals surface area contributed by atoms with Crippen LogP contribution in [0.15, 0.2) is 42.5 Å². The van der Waals surface area contributed by atoms with E-state index >= 15 is 0 Å². The monoisotopic (exact) mass is 1440 g/mol. The van der Waals surface area contributed by atoms with E-state index in [1.807, 2.05) is 0 Å². The number of benzene rings is 1. The average molecular weight is 1440 g/mol. The summed E-state index contributed by atoms with van der Waals surface area (Å²) >= 11 is 0. The lowest BCUT2D eigenvalue weighted by Gasteiger charge is -2.43. The van der Waals surface area contributed by atoms with Crippen molar-refractivity contribution in [1.82, 2.24) is 26.6 Å². The third-order valence-electron chi connectivity index (χ3n) is 16.7. The number of hydrogen-bond acceptors (Lipinski definition) is 22. The van der Waals surface area contributed by atoms with E-state index in [0.717, 1.165) is 64.2 Å². The Labute approximate surface area is 591 Å². The molecule has 29 heteroatoms. The Bertz CT molecular complexity index is 2550. The van der Waals surface area contributed by atoms with Crippen molar-refractivity contribution in [3.05, 3.63) is 48.0 Å². The number of carbonyl (C=O) groups excluding carboxylic acids is 9. The Morgan fingerprint density at radius 3 is 1.75 bits per heavy atom. The van der Waals surface area contributed by atoms with Gasteiger partial charge in [0.1, 0.15) is 49.1 Å². The fraction of sp³-hybridized carbons (Fsp3) is 0.761. The van der Waals surface area contributed by atoms with E-state index in [-0.39, 0.29) is 32.4 Å². The molecule has 1 heterocycles. The molecule has 1 aromatic rings. The second-order valence-corrected chi connectivity index (χ2v) is 27.1. The number of rotatable bonds is 60. The molecule has 2 unspecified atom stereocenters. The Morgan fingerprint density at radius 1 is 0.650 bits per heavy atom. The summed E-state index contributed by atoms with van der Waals surface area (Å²) in [4.78, 5) is 126. The summed E-state index contributed by atoms with van der Waals surface area (Å²) in [6, 6.07) is 2.72. The number of allylic oxidation sites excluding steroid dienone is 2. The maximum atomic E-state index is 13.5. The third-order valence-corrected chi connectivity index (χ3v) is 17.7. The lowest BCUT2D eigenvalue weighted by atomic mass is 9.96. The van der Waals surface area contributed by atoms with Crippen molar-refractivity contribution in [1.29, 1.82) is 0 Å². The van der Waals surface area contributed by atoms with Crippen molar-refractivity contribution >= 4 is 61.2 Å². The average Bonchev–Trinajstić information content (AvgIpc) is 0.802. The number of ether oxygens (including phenoxy) is 5. The number of phosphoric acid groups is 1.